The highest BCUT2D eigenvalue weighted by Gasteiger charge is 2.25. The van der Waals surface area contributed by atoms with Gasteiger partial charge < -0.3 is 0 Å². The van der Waals surface area contributed by atoms with Gasteiger partial charge in [-0.2, -0.15) is 0 Å². The molecule has 1 aliphatic carbocycles. The SMILES string of the molecule is CC1CCC(I)CC1F. The van der Waals surface area contributed by atoms with E-state index in [2.05, 4.69) is 22.6 Å². The summed E-state index contributed by atoms with van der Waals surface area (Å²) in [5, 5.41) is 0. The Labute approximate surface area is 69.4 Å². The van der Waals surface area contributed by atoms with Crippen LogP contribution in [0.15, 0.2) is 0 Å². The average Bonchev–Trinajstić information content (AvgIpc) is 1.80. The lowest BCUT2D eigenvalue weighted by molar-refractivity contribution is 0.187. The highest BCUT2D eigenvalue weighted by atomic mass is 127. The molecule has 0 aliphatic heterocycles. The van der Waals surface area contributed by atoms with E-state index in [9.17, 15) is 4.39 Å². The van der Waals surface area contributed by atoms with Crippen LogP contribution in [0.25, 0.3) is 0 Å². The first-order chi connectivity index (χ1) is 4.20. The molecule has 0 aromatic heterocycles. The monoisotopic (exact) mass is 242 g/mol. The van der Waals surface area contributed by atoms with Crippen molar-refractivity contribution < 1.29 is 4.39 Å². The molecule has 0 N–H and O–H groups in total. The first-order valence-corrected chi connectivity index (χ1v) is 4.73. The van der Waals surface area contributed by atoms with Gasteiger partial charge in [-0.05, 0) is 25.2 Å². The molecule has 9 heavy (non-hydrogen) atoms. The molecule has 2 heteroatoms. The van der Waals surface area contributed by atoms with Crippen LogP contribution in [0, 0.1) is 5.92 Å². The minimum Gasteiger partial charge on any atom is -0.247 e. The second kappa shape index (κ2) is 3.17. The van der Waals surface area contributed by atoms with E-state index in [4.69, 9.17) is 0 Å². The van der Waals surface area contributed by atoms with Gasteiger partial charge in [0.25, 0.3) is 0 Å². The lowest BCUT2D eigenvalue weighted by Gasteiger charge is -2.25. The maximum atomic E-state index is 12.8. The fourth-order valence-electron chi connectivity index (χ4n) is 1.22. The third-order valence-corrected chi connectivity index (χ3v) is 3.16. The van der Waals surface area contributed by atoms with E-state index in [1.165, 1.54) is 6.42 Å². The zero-order valence-corrected chi connectivity index (χ0v) is 7.77. The van der Waals surface area contributed by atoms with Crippen LogP contribution >= 0.6 is 22.6 Å². The van der Waals surface area contributed by atoms with Crippen molar-refractivity contribution in [2.45, 2.75) is 36.3 Å². The predicted octanol–water partition coefficient (Wildman–Crippen LogP) is 2.95. The van der Waals surface area contributed by atoms with E-state index in [1.807, 2.05) is 6.92 Å². The van der Waals surface area contributed by atoms with Crippen LogP contribution in [-0.2, 0) is 0 Å². The maximum Gasteiger partial charge on any atom is 0.104 e. The fourth-order valence-corrected chi connectivity index (χ4v) is 2.06. The summed E-state index contributed by atoms with van der Waals surface area (Å²) in [6.07, 6.45) is 2.54. The van der Waals surface area contributed by atoms with Crippen molar-refractivity contribution in [1.82, 2.24) is 0 Å². The first kappa shape index (κ1) is 7.76. The summed E-state index contributed by atoms with van der Waals surface area (Å²) < 4.78 is 13.4. The minimum absolute atomic E-state index is 0.316. The largest absolute Gasteiger partial charge is 0.247 e. The number of hydrogen-bond donors (Lipinski definition) is 0. The molecule has 3 unspecified atom stereocenters. The summed E-state index contributed by atoms with van der Waals surface area (Å²) >= 11 is 2.34. The van der Waals surface area contributed by atoms with Gasteiger partial charge in [-0.3, -0.25) is 0 Å². The molecule has 0 amide bonds. The molecule has 0 radical (unpaired) electrons. The Bertz CT molecular complexity index is 94.9. The molecule has 1 aliphatic rings. The van der Waals surface area contributed by atoms with Crippen molar-refractivity contribution in [3.63, 3.8) is 0 Å². The van der Waals surface area contributed by atoms with E-state index in [0.717, 1.165) is 12.8 Å². The van der Waals surface area contributed by atoms with Crippen molar-refractivity contribution in [2.24, 2.45) is 5.92 Å². The second-order valence-electron chi connectivity index (χ2n) is 2.90. The van der Waals surface area contributed by atoms with E-state index in [1.54, 1.807) is 0 Å². The lowest BCUT2D eigenvalue weighted by Crippen LogP contribution is -2.23. The number of alkyl halides is 2. The Kier molecular flexibility index (Phi) is 2.73. The number of rotatable bonds is 0. The minimum atomic E-state index is -0.527. The number of hydrogen-bond acceptors (Lipinski definition) is 0. The topological polar surface area (TPSA) is 0 Å². The van der Waals surface area contributed by atoms with Crippen LogP contribution in [0.4, 0.5) is 4.39 Å². The van der Waals surface area contributed by atoms with Gasteiger partial charge in [-0.1, -0.05) is 29.5 Å². The van der Waals surface area contributed by atoms with Gasteiger partial charge in [0.05, 0.1) is 0 Å². The third kappa shape index (κ3) is 2.06. The molecule has 1 fully saturated rings. The zero-order chi connectivity index (χ0) is 6.85. The molecule has 3 atom stereocenters. The van der Waals surface area contributed by atoms with Crippen LogP contribution < -0.4 is 0 Å². The molecule has 1 saturated carbocycles. The van der Waals surface area contributed by atoms with Gasteiger partial charge in [-0.25, -0.2) is 4.39 Å². The normalized spacial score (nSPS) is 45.0. The van der Waals surface area contributed by atoms with Gasteiger partial charge in [0.1, 0.15) is 6.17 Å². The van der Waals surface area contributed by atoms with Crippen molar-refractivity contribution in [3.8, 4) is 0 Å². The quantitative estimate of drug-likeness (QED) is 0.452. The number of halogens is 2. The van der Waals surface area contributed by atoms with Gasteiger partial charge >= 0.3 is 0 Å². The summed E-state index contributed by atoms with van der Waals surface area (Å²) in [4.78, 5) is 0. The smallest absolute Gasteiger partial charge is 0.104 e. The summed E-state index contributed by atoms with van der Waals surface area (Å²) in [6.45, 7) is 2.01. The van der Waals surface area contributed by atoms with Crippen molar-refractivity contribution in [3.05, 3.63) is 0 Å². The molecule has 0 bridgehead atoms. The first-order valence-electron chi connectivity index (χ1n) is 3.48. The Balaban J connectivity index is 2.35. The maximum absolute atomic E-state index is 12.8. The van der Waals surface area contributed by atoms with Gasteiger partial charge in [0.2, 0.25) is 0 Å². The van der Waals surface area contributed by atoms with Crippen molar-refractivity contribution in [1.29, 1.82) is 0 Å². The summed E-state index contributed by atoms with van der Waals surface area (Å²) in [7, 11) is 0. The molecular formula is C7H12FI. The summed E-state index contributed by atoms with van der Waals surface area (Å²) in [6, 6.07) is 0. The molecule has 0 saturated heterocycles. The van der Waals surface area contributed by atoms with Crippen molar-refractivity contribution in [2.75, 3.05) is 0 Å². The summed E-state index contributed by atoms with van der Waals surface area (Å²) in [5.41, 5.74) is 0. The second-order valence-corrected chi connectivity index (χ2v) is 4.67. The van der Waals surface area contributed by atoms with Gasteiger partial charge in [0, 0.05) is 3.92 Å². The van der Waals surface area contributed by atoms with E-state index < -0.39 is 6.17 Å². The molecule has 54 valence electrons. The predicted molar refractivity (Wildman–Crippen MR) is 45.7 cm³/mol. The Morgan fingerprint density at radius 2 is 2.11 bits per heavy atom. The third-order valence-electron chi connectivity index (χ3n) is 2.03. The Morgan fingerprint density at radius 1 is 1.44 bits per heavy atom. The summed E-state index contributed by atoms with van der Waals surface area (Å²) in [5.74, 6) is 0.316. The highest BCUT2D eigenvalue weighted by molar-refractivity contribution is 14.1. The van der Waals surface area contributed by atoms with Crippen LogP contribution in [0.3, 0.4) is 0 Å². The molecule has 0 aromatic carbocycles. The van der Waals surface area contributed by atoms with Gasteiger partial charge in [-0.15, -0.1) is 0 Å². The molecule has 0 heterocycles. The highest BCUT2D eigenvalue weighted by Crippen LogP contribution is 2.30. The van der Waals surface area contributed by atoms with Crippen LogP contribution in [0.2, 0.25) is 0 Å². The Hall–Kier alpha value is 0.660. The molecule has 0 nitrogen and oxygen atoms in total. The van der Waals surface area contributed by atoms with Gasteiger partial charge in [0.15, 0.2) is 0 Å². The molecule has 0 aromatic rings. The average molecular weight is 242 g/mol. The molecule has 0 spiro atoms. The van der Waals surface area contributed by atoms with Crippen LogP contribution in [0.5, 0.6) is 0 Å². The van der Waals surface area contributed by atoms with E-state index in [0.29, 0.717) is 9.84 Å². The van der Waals surface area contributed by atoms with E-state index >= 15 is 0 Å². The lowest BCUT2D eigenvalue weighted by atomic mass is 9.89. The van der Waals surface area contributed by atoms with Crippen LogP contribution in [0.1, 0.15) is 26.2 Å². The zero-order valence-electron chi connectivity index (χ0n) is 5.61. The molecule has 1 rings (SSSR count). The standard InChI is InChI=1S/C7H12FI/c1-5-2-3-6(9)4-7(5)8/h5-7H,2-4H2,1H3. The van der Waals surface area contributed by atoms with E-state index in [-0.39, 0.29) is 0 Å². The Morgan fingerprint density at radius 3 is 2.56 bits per heavy atom. The van der Waals surface area contributed by atoms with Crippen molar-refractivity contribution >= 4 is 22.6 Å². The molecular weight excluding hydrogens is 230 g/mol. The van der Waals surface area contributed by atoms with Crippen LogP contribution in [-0.4, -0.2) is 10.1 Å². The fraction of sp³-hybridized carbons (Fsp3) is 1.00.